The van der Waals surface area contributed by atoms with E-state index in [0.717, 1.165) is 12.7 Å². The van der Waals surface area contributed by atoms with Crippen molar-refractivity contribution in [2.24, 2.45) is 0 Å². The van der Waals surface area contributed by atoms with E-state index in [-0.39, 0.29) is 12.4 Å². The van der Waals surface area contributed by atoms with Crippen LogP contribution in [0.2, 0.25) is 0 Å². The lowest BCUT2D eigenvalue weighted by Crippen LogP contribution is -2.36. The highest BCUT2D eigenvalue weighted by Gasteiger charge is 2.29. The molecule has 9 heteroatoms. The van der Waals surface area contributed by atoms with Crippen molar-refractivity contribution in [3.63, 3.8) is 0 Å². The molecule has 0 radical (unpaired) electrons. The Morgan fingerprint density at radius 2 is 1.94 bits per heavy atom. The van der Waals surface area contributed by atoms with E-state index in [4.69, 9.17) is 4.18 Å². The van der Waals surface area contributed by atoms with Crippen molar-refractivity contribution in [3.05, 3.63) is 0 Å². The molecule has 1 rings (SSSR count). The number of rotatable bonds is 7. The van der Waals surface area contributed by atoms with Crippen molar-refractivity contribution in [1.29, 1.82) is 0 Å². The van der Waals surface area contributed by atoms with Gasteiger partial charge in [0.25, 0.3) is 20.2 Å². The van der Waals surface area contributed by atoms with Crippen LogP contribution in [0.3, 0.4) is 0 Å². The fourth-order valence-electron chi connectivity index (χ4n) is 1.70. The highest BCUT2D eigenvalue weighted by molar-refractivity contribution is 7.86. The van der Waals surface area contributed by atoms with E-state index in [9.17, 15) is 16.8 Å². The molecule has 0 aromatic heterocycles. The lowest BCUT2D eigenvalue weighted by Gasteiger charge is -2.23. The van der Waals surface area contributed by atoms with Crippen LogP contribution >= 0.6 is 0 Å². The molecule has 0 aromatic carbocycles. The van der Waals surface area contributed by atoms with Gasteiger partial charge in [0.2, 0.25) is 0 Å². The Morgan fingerprint density at radius 3 is 2.50 bits per heavy atom. The molecule has 1 unspecified atom stereocenters. The molecule has 1 fully saturated rings. The standard InChI is InChI=1S/C9H19NO6S2/c1-3-18(13,14)16-9-5-4-6-10(9)7-8-15-17(2,11)12/h9H,3-8H2,1-2H3. The maximum absolute atomic E-state index is 11.4. The van der Waals surface area contributed by atoms with E-state index in [0.29, 0.717) is 19.5 Å². The van der Waals surface area contributed by atoms with Crippen LogP contribution in [-0.2, 0) is 28.6 Å². The summed E-state index contributed by atoms with van der Waals surface area (Å²) in [4.78, 5) is 1.78. The van der Waals surface area contributed by atoms with Crippen molar-refractivity contribution in [1.82, 2.24) is 4.90 Å². The maximum atomic E-state index is 11.4. The van der Waals surface area contributed by atoms with Crippen LogP contribution in [0.1, 0.15) is 19.8 Å². The van der Waals surface area contributed by atoms with Crippen LogP contribution in [0.15, 0.2) is 0 Å². The van der Waals surface area contributed by atoms with Crippen LogP contribution in [0.5, 0.6) is 0 Å². The molecular weight excluding hydrogens is 282 g/mol. The summed E-state index contributed by atoms with van der Waals surface area (Å²) in [7, 11) is -6.95. The van der Waals surface area contributed by atoms with Crippen molar-refractivity contribution in [2.75, 3.05) is 31.7 Å². The molecule has 7 nitrogen and oxygen atoms in total. The quantitative estimate of drug-likeness (QED) is 0.599. The van der Waals surface area contributed by atoms with Crippen molar-refractivity contribution < 1.29 is 25.2 Å². The predicted molar refractivity (Wildman–Crippen MR) is 65.9 cm³/mol. The summed E-state index contributed by atoms with van der Waals surface area (Å²) in [5, 5.41) is 0. The van der Waals surface area contributed by atoms with Crippen LogP contribution < -0.4 is 0 Å². The van der Waals surface area contributed by atoms with Gasteiger partial charge in [-0.3, -0.25) is 13.3 Å². The van der Waals surface area contributed by atoms with Gasteiger partial charge >= 0.3 is 0 Å². The molecular formula is C9H19NO6S2. The Hall–Kier alpha value is -0.220. The van der Waals surface area contributed by atoms with Crippen LogP contribution in [0.25, 0.3) is 0 Å². The average molecular weight is 301 g/mol. The van der Waals surface area contributed by atoms with Crippen LogP contribution in [-0.4, -0.2) is 59.7 Å². The van der Waals surface area contributed by atoms with Crippen molar-refractivity contribution in [3.8, 4) is 0 Å². The molecule has 1 aliphatic heterocycles. The number of hydrogen-bond acceptors (Lipinski definition) is 7. The summed E-state index contributed by atoms with van der Waals surface area (Å²) < 4.78 is 54.0. The van der Waals surface area contributed by atoms with Gasteiger partial charge in [0.15, 0.2) is 0 Å². The third kappa shape index (κ3) is 5.61. The summed E-state index contributed by atoms with van der Waals surface area (Å²) in [5.74, 6) is -0.0722. The fraction of sp³-hybridized carbons (Fsp3) is 1.00. The Morgan fingerprint density at radius 1 is 1.28 bits per heavy atom. The predicted octanol–water partition coefficient (Wildman–Crippen LogP) is -0.249. The summed E-state index contributed by atoms with van der Waals surface area (Å²) >= 11 is 0. The summed E-state index contributed by atoms with van der Waals surface area (Å²) in [6.45, 7) is 2.53. The highest BCUT2D eigenvalue weighted by atomic mass is 32.2. The molecule has 0 aliphatic carbocycles. The van der Waals surface area contributed by atoms with E-state index in [2.05, 4.69) is 4.18 Å². The number of hydrogen-bond donors (Lipinski definition) is 0. The lowest BCUT2D eigenvalue weighted by molar-refractivity contribution is 0.0571. The molecule has 1 aliphatic rings. The van der Waals surface area contributed by atoms with E-state index >= 15 is 0 Å². The molecule has 0 spiro atoms. The minimum atomic E-state index is -3.49. The normalized spacial score (nSPS) is 22.4. The Labute approximate surface area is 108 Å². The zero-order valence-corrected chi connectivity index (χ0v) is 12.2. The van der Waals surface area contributed by atoms with Gasteiger partial charge in [0, 0.05) is 13.1 Å². The van der Waals surface area contributed by atoms with E-state index < -0.39 is 26.5 Å². The molecule has 0 saturated carbocycles. The minimum Gasteiger partial charge on any atom is -0.275 e. The second-order valence-electron chi connectivity index (χ2n) is 4.10. The van der Waals surface area contributed by atoms with Gasteiger partial charge in [-0.15, -0.1) is 0 Å². The average Bonchev–Trinajstić information content (AvgIpc) is 2.63. The van der Waals surface area contributed by atoms with Gasteiger partial charge in [0.05, 0.1) is 18.6 Å². The summed E-state index contributed by atoms with van der Waals surface area (Å²) in [6, 6.07) is 0. The van der Waals surface area contributed by atoms with Gasteiger partial charge in [-0.25, -0.2) is 0 Å². The van der Waals surface area contributed by atoms with Gasteiger partial charge in [-0.2, -0.15) is 16.8 Å². The Bertz CT molecular complexity index is 457. The summed E-state index contributed by atoms with van der Waals surface area (Å²) in [6.07, 6.45) is 1.92. The van der Waals surface area contributed by atoms with Gasteiger partial charge in [-0.05, 0) is 19.8 Å². The van der Waals surface area contributed by atoms with Gasteiger partial charge in [-0.1, -0.05) is 0 Å². The first kappa shape index (κ1) is 15.8. The number of likely N-dealkylation sites (tertiary alicyclic amines) is 1. The molecule has 0 aromatic rings. The maximum Gasteiger partial charge on any atom is 0.268 e. The van der Waals surface area contributed by atoms with Crippen LogP contribution in [0.4, 0.5) is 0 Å². The van der Waals surface area contributed by atoms with Gasteiger partial charge < -0.3 is 0 Å². The Balaban J connectivity index is 2.45. The lowest BCUT2D eigenvalue weighted by atomic mass is 10.4. The van der Waals surface area contributed by atoms with E-state index in [1.54, 1.807) is 4.90 Å². The fourth-order valence-corrected chi connectivity index (χ4v) is 2.77. The topological polar surface area (TPSA) is 90.0 Å². The number of nitrogens with zero attached hydrogens (tertiary/aromatic N) is 1. The highest BCUT2D eigenvalue weighted by Crippen LogP contribution is 2.19. The molecule has 0 N–H and O–H groups in total. The molecule has 1 saturated heterocycles. The zero-order valence-electron chi connectivity index (χ0n) is 10.5. The molecule has 0 amide bonds. The van der Waals surface area contributed by atoms with E-state index in [1.807, 2.05) is 0 Å². The molecule has 0 bridgehead atoms. The second kappa shape index (κ2) is 6.29. The first-order valence-electron chi connectivity index (χ1n) is 5.73. The van der Waals surface area contributed by atoms with Crippen LogP contribution in [0, 0.1) is 0 Å². The molecule has 1 atom stereocenters. The first-order chi connectivity index (χ1) is 8.23. The SMILES string of the molecule is CCS(=O)(=O)OC1CCCN1CCOS(C)(=O)=O. The smallest absolute Gasteiger partial charge is 0.268 e. The third-order valence-corrected chi connectivity index (χ3v) is 4.41. The zero-order chi connectivity index (χ0) is 13.8. The second-order valence-corrected chi connectivity index (χ2v) is 7.63. The molecule has 108 valence electrons. The minimum absolute atomic E-state index is 0.00483. The van der Waals surface area contributed by atoms with Crippen molar-refractivity contribution >= 4 is 20.2 Å². The molecule has 1 heterocycles. The third-order valence-electron chi connectivity index (χ3n) is 2.59. The molecule has 18 heavy (non-hydrogen) atoms. The first-order valence-corrected chi connectivity index (χ1v) is 9.12. The van der Waals surface area contributed by atoms with Crippen molar-refractivity contribution in [2.45, 2.75) is 26.0 Å². The van der Waals surface area contributed by atoms with E-state index in [1.165, 1.54) is 6.92 Å². The largest absolute Gasteiger partial charge is 0.275 e. The Kier molecular flexibility index (Phi) is 5.53. The van der Waals surface area contributed by atoms with Gasteiger partial charge in [0.1, 0.15) is 6.23 Å². The summed E-state index contributed by atoms with van der Waals surface area (Å²) in [5.41, 5.74) is 0. The monoisotopic (exact) mass is 301 g/mol.